The van der Waals surface area contributed by atoms with E-state index in [9.17, 15) is 4.79 Å². The van der Waals surface area contributed by atoms with E-state index in [1.807, 2.05) is 42.5 Å². The number of rotatable bonds is 5. The van der Waals surface area contributed by atoms with Crippen LogP contribution in [0.5, 0.6) is 17.2 Å². The molecule has 0 amide bonds. The van der Waals surface area contributed by atoms with Gasteiger partial charge in [0, 0.05) is 0 Å². The largest absolute Gasteiger partial charge is 0.497 e. The summed E-state index contributed by atoms with van der Waals surface area (Å²) in [6, 6.07) is 13.4. The third kappa shape index (κ3) is 3.46. The maximum Gasteiger partial charge on any atom is 0.316 e. The summed E-state index contributed by atoms with van der Waals surface area (Å²) in [5.41, 5.74) is 1.27. The first kappa shape index (κ1) is 17.7. The Morgan fingerprint density at radius 2 is 1.81 bits per heavy atom. The van der Waals surface area contributed by atoms with Crippen LogP contribution in [0.2, 0.25) is 0 Å². The lowest BCUT2D eigenvalue weighted by molar-refractivity contribution is -0.152. The van der Waals surface area contributed by atoms with E-state index in [1.54, 1.807) is 7.11 Å². The second kappa shape index (κ2) is 7.51. The van der Waals surface area contributed by atoms with Crippen LogP contribution in [-0.2, 0) is 21.6 Å². The minimum atomic E-state index is -0.602. The van der Waals surface area contributed by atoms with Gasteiger partial charge >= 0.3 is 5.97 Å². The van der Waals surface area contributed by atoms with Gasteiger partial charge in [-0.15, -0.1) is 0 Å². The molecule has 0 N–H and O–H groups in total. The Bertz CT molecular complexity index is 823. The van der Waals surface area contributed by atoms with Gasteiger partial charge in [-0.25, -0.2) is 0 Å². The van der Waals surface area contributed by atoms with Crippen molar-refractivity contribution in [3.63, 3.8) is 0 Å². The lowest BCUT2D eigenvalue weighted by Gasteiger charge is -2.29. The molecule has 1 heterocycles. The van der Waals surface area contributed by atoms with E-state index >= 15 is 0 Å². The highest BCUT2D eigenvalue weighted by Gasteiger charge is 2.44. The van der Waals surface area contributed by atoms with E-state index in [-0.39, 0.29) is 12.6 Å². The van der Waals surface area contributed by atoms with Gasteiger partial charge in [0.2, 0.25) is 0 Å². The standard InChI is InChI=1S/C22H24O5/c1-24-18-6-4-5-16(13-18)15-27-21(23)22(9-2-3-10-22)17-7-8-19-20(14-17)26-12-11-25-19/h4-8,13-14H,2-3,9-12,15H2,1H3. The summed E-state index contributed by atoms with van der Waals surface area (Å²) in [5, 5.41) is 0. The van der Waals surface area contributed by atoms with Crippen molar-refractivity contribution in [1.82, 2.24) is 0 Å². The zero-order valence-corrected chi connectivity index (χ0v) is 15.5. The topological polar surface area (TPSA) is 54.0 Å². The molecule has 1 aliphatic heterocycles. The molecule has 0 radical (unpaired) electrons. The molecule has 5 heteroatoms. The highest BCUT2D eigenvalue weighted by atomic mass is 16.6. The molecular weight excluding hydrogens is 344 g/mol. The predicted molar refractivity (Wildman–Crippen MR) is 100 cm³/mol. The van der Waals surface area contributed by atoms with Crippen LogP contribution in [-0.4, -0.2) is 26.3 Å². The molecule has 27 heavy (non-hydrogen) atoms. The van der Waals surface area contributed by atoms with E-state index in [0.717, 1.165) is 48.3 Å². The molecular formula is C22H24O5. The van der Waals surface area contributed by atoms with Crippen LogP contribution >= 0.6 is 0 Å². The van der Waals surface area contributed by atoms with Gasteiger partial charge in [0.05, 0.1) is 12.5 Å². The van der Waals surface area contributed by atoms with E-state index < -0.39 is 5.41 Å². The Morgan fingerprint density at radius 1 is 1.04 bits per heavy atom. The molecule has 4 rings (SSSR count). The Morgan fingerprint density at radius 3 is 2.59 bits per heavy atom. The number of methoxy groups -OCH3 is 1. The quantitative estimate of drug-likeness (QED) is 0.746. The third-order valence-electron chi connectivity index (χ3n) is 5.45. The van der Waals surface area contributed by atoms with Gasteiger partial charge in [0.25, 0.3) is 0 Å². The van der Waals surface area contributed by atoms with Crippen molar-refractivity contribution in [2.24, 2.45) is 0 Å². The number of hydrogen-bond donors (Lipinski definition) is 0. The molecule has 2 aromatic rings. The Balaban J connectivity index is 1.55. The monoisotopic (exact) mass is 368 g/mol. The highest BCUT2D eigenvalue weighted by Crippen LogP contribution is 2.45. The summed E-state index contributed by atoms with van der Waals surface area (Å²) in [7, 11) is 1.63. The van der Waals surface area contributed by atoms with Gasteiger partial charge in [-0.1, -0.05) is 31.0 Å². The molecule has 1 fully saturated rings. The number of ether oxygens (including phenoxy) is 4. The van der Waals surface area contributed by atoms with E-state index in [0.29, 0.717) is 19.0 Å². The Hall–Kier alpha value is -2.69. The van der Waals surface area contributed by atoms with Gasteiger partial charge in [0.1, 0.15) is 25.6 Å². The second-order valence-corrected chi connectivity index (χ2v) is 7.08. The number of benzene rings is 2. The Labute approximate surface area is 159 Å². The lowest BCUT2D eigenvalue weighted by atomic mass is 9.78. The summed E-state index contributed by atoms with van der Waals surface area (Å²) in [4.78, 5) is 13.1. The fourth-order valence-electron chi connectivity index (χ4n) is 3.98. The average Bonchev–Trinajstić information content (AvgIpc) is 3.23. The van der Waals surface area contributed by atoms with Crippen LogP contribution in [0.15, 0.2) is 42.5 Å². The molecule has 5 nitrogen and oxygen atoms in total. The molecule has 142 valence electrons. The van der Waals surface area contributed by atoms with Crippen LogP contribution in [0.25, 0.3) is 0 Å². The average molecular weight is 368 g/mol. The van der Waals surface area contributed by atoms with Crippen molar-refractivity contribution in [3.8, 4) is 17.2 Å². The first-order valence-corrected chi connectivity index (χ1v) is 9.41. The van der Waals surface area contributed by atoms with E-state index in [1.165, 1.54) is 0 Å². The predicted octanol–water partition coefficient (Wildman–Crippen LogP) is 4.02. The van der Waals surface area contributed by atoms with Gasteiger partial charge in [0.15, 0.2) is 11.5 Å². The lowest BCUT2D eigenvalue weighted by Crippen LogP contribution is -2.34. The number of hydrogen-bond acceptors (Lipinski definition) is 5. The van der Waals surface area contributed by atoms with Crippen molar-refractivity contribution < 1.29 is 23.7 Å². The summed E-state index contributed by atoms with van der Waals surface area (Å²) in [6.45, 7) is 1.33. The van der Waals surface area contributed by atoms with Crippen molar-refractivity contribution in [1.29, 1.82) is 0 Å². The molecule has 0 atom stereocenters. The summed E-state index contributed by atoms with van der Waals surface area (Å²) >= 11 is 0. The zero-order valence-electron chi connectivity index (χ0n) is 15.5. The molecule has 2 aliphatic rings. The van der Waals surface area contributed by atoms with Crippen molar-refractivity contribution >= 4 is 5.97 Å². The molecule has 0 bridgehead atoms. The first-order valence-electron chi connectivity index (χ1n) is 9.41. The number of fused-ring (bicyclic) bond motifs is 1. The summed E-state index contributed by atoms with van der Waals surface area (Å²) in [5.74, 6) is 2.04. The maximum absolute atomic E-state index is 13.1. The molecule has 0 unspecified atom stereocenters. The fourth-order valence-corrected chi connectivity index (χ4v) is 3.98. The van der Waals surface area contributed by atoms with Gasteiger partial charge in [-0.2, -0.15) is 0 Å². The van der Waals surface area contributed by atoms with E-state index in [2.05, 4.69) is 0 Å². The fraction of sp³-hybridized carbons (Fsp3) is 0.409. The number of carbonyl (C=O) groups is 1. The van der Waals surface area contributed by atoms with Crippen molar-refractivity contribution in [2.45, 2.75) is 37.7 Å². The molecule has 0 saturated heterocycles. The smallest absolute Gasteiger partial charge is 0.316 e. The molecule has 1 saturated carbocycles. The Kier molecular flexibility index (Phi) is 4.92. The van der Waals surface area contributed by atoms with Crippen molar-refractivity contribution in [2.75, 3.05) is 20.3 Å². The molecule has 0 spiro atoms. The second-order valence-electron chi connectivity index (χ2n) is 7.08. The number of esters is 1. The van der Waals surface area contributed by atoms with Crippen LogP contribution in [0.1, 0.15) is 36.8 Å². The SMILES string of the molecule is COc1cccc(COC(=O)C2(c3ccc4c(c3)OCCO4)CCCC2)c1. The van der Waals surface area contributed by atoms with Crippen LogP contribution in [0, 0.1) is 0 Å². The zero-order chi connectivity index (χ0) is 18.7. The normalized spacial score (nSPS) is 17.4. The molecule has 1 aliphatic carbocycles. The molecule has 0 aromatic heterocycles. The number of carbonyl (C=O) groups excluding carboxylic acids is 1. The van der Waals surface area contributed by atoms with Crippen LogP contribution in [0.3, 0.4) is 0 Å². The minimum absolute atomic E-state index is 0.167. The first-order chi connectivity index (χ1) is 13.2. The minimum Gasteiger partial charge on any atom is -0.497 e. The van der Waals surface area contributed by atoms with Crippen molar-refractivity contribution in [3.05, 3.63) is 53.6 Å². The van der Waals surface area contributed by atoms with Gasteiger partial charge in [-0.05, 0) is 48.2 Å². The molecule has 2 aromatic carbocycles. The third-order valence-corrected chi connectivity index (χ3v) is 5.45. The maximum atomic E-state index is 13.1. The summed E-state index contributed by atoms with van der Waals surface area (Å²) in [6.07, 6.45) is 3.62. The van der Waals surface area contributed by atoms with Gasteiger partial charge < -0.3 is 18.9 Å². The van der Waals surface area contributed by atoms with Crippen LogP contribution < -0.4 is 14.2 Å². The summed E-state index contributed by atoms with van der Waals surface area (Å²) < 4.78 is 22.3. The highest BCUT2D eigenvalue weighted by molar-refractivity contribution is 5.84. The van der Waals surface area contributed by atoms with Crippen LogP contribution in [0.4, 0.5) is 0 Å². The van der Waals surface area contributed by atoms with E-state index in [4.69, 9.17) is 18.9 Å². The van der Waals surface area contributed by atoms with Gasteiger partial charge in [-0.3, -0.25) is 4.79 Å².